The third kappa shape index (κ3) is 1.76. The van der Waals surface area contributed by atoms with Gasteiger partial charge < -0.3 is 10.0 Å². The van der Waals surface area contributed by atoms with Crippen LogP contribution in [0.1, 0.15) is 37.7 Å². The third-order valence-corrected chi connectivity index (χ3v) is 6.07. The Morgan fingerprint density at radius 3 is 2.45 bits per heavy atom. The smallest absolute Gasteiger partial charge is 0.311 e. The van der Waals surface area contributed by atoms with Crippen LogP contribution >= 0.6 is 0 Å². The molecule has 116 valence electrons. The first-order valence-electron chi connectivity index (χ1n) is 8.17. The average Bonchev–Trinajstić information content (AvgIpc) is 3.09. The highest BCUT2D eigenvalue weighted by molar-refractivity contribution is 5.92. The second kappa shape index (κ2) is 4.58. The van der Waals surface area contributed by atoms with Crippen molar-refractivity contribution in [3.05, 3.63) is 35.9 Å². The van der Waals surface area contributed by atoms with Crippen molar-refractivity contribution >= 4 is 11.9 Å². The fourth-order valence-corrected chi connectivity index (χ4v) is 4.60. The van der Waals surface area contributed by atoms with Crippen LogP contribution in [0.25, 0.3) is 0 Å². The zero-order chi connectivity index (χ0) is 15.4. The van der Waals surface area contributed by atoms with Crippen LogP contribution in [0.15, 0.2) is 30.3 Å². The van der Waals surface area contributed by atoms with Gasteiger partial charge in [-0.2, -0.15) is 0 Å². The van der Waals surface area contributed by atoms with Gasteiger partial charge in [0.2, 0.25) is 5.91 Å². The molecule has 3 fully saturated rings. The molecule has 1 saturated heterocycles. The number of amides is 1. The number of hydrogen-bond donors (Lipinski definition) is 1. The predicted molar refractivity (Wildman–Crippen MR) is 81.3 cm³/mol. The van der Waals surface area contributed by atoms with E-state index in [0.29, 0.717) is 13.1 Å². The molecule has 3 aliphatic rings. The lowest BCUT2D eigenvalue weighted by Crippen LogP contribution is -2.41. The lowest BCUT2D eigenvalue weighted by atomic mass is 9.81. The summed E-state index contributed by atoms with van der Waals surface area (Å²) in [5.74, 6) is -0.427. The number of benzene rings is 1. The number of nitrogens with zero attached hydrogens (tertiary/aromatic N) is 1. The van der Waals surface area contributed by atoms with Crippen LogP contribution in [0.5, 0.6) is 0 Å². The minimum Gasteiger partial charge on any atom is -0.481 e. The Morgan fingerprint density at radius 1 is 1.14 bits per heavy atom. The summed E-state index contributed by atoms with van der Waals surface area (Å²) in [6.07, 6.45) is 4.40. The first-order valence-corrected chi connectivity index (χ1v) is 8.17. The van der Waals surface area contributed by atoms with Crippen LogP contribution in [-0.4, -0.2) is 35.0 Å². The summed E-state index contributed by atoms with van der Waals surface area (Å²) >= 11 is 0. The number of hydrogen-bond acceptors (Lipinski definition) is 2. The summed E-state index contributed by atoms with van der Waals surface area (Å²) in [7, 11) is 0. The van der Waals surface area contributed by atoms with E-state index in [-0.39, 0.29) is 17.2 Å². The van der Waals surface area contributed by atoms with E-state index in [4.69, 9.17) is 0 Å². The van der Waals surface area contributed by atoms with Gasteiger partial charge in [0, 0.05) is 13.1 Å². The van der Waals surface area contributed by atoms with Crippen LogP contribution < -0.4 is 0 Å². The normalized spacial score (nSPS) is 31.8. The molecule has 1 amide bonds. The van der Waals surface area contributed by atoms with Crippen molar-refractivity contribution in [2.45, 2.75) is 37.5 Å². The van der Waals surface area contributed by atoms with Crippen LogP contribution in [0.2, 0.25) is 0 Å². The molecule has 0 aromatic heterocycles. The molecule has 4 nitrogen and oxygen atoms in total. The SMILES string of the molecule is O=C(N1C[C@@H]2CCC[C@@]2(C(=O)O)C1)C1(c2ccccc2)CC1. The zero-order valence-corrected chi connectivity index (χ0v) is 12.6. The Labute approximate surface area is 130 Å². The van der Waals surface area contributed by atoms with Gasteiger partial charge >= 0.3 is 5.97 Å². The van der Waals surface area contributed by atoms with Crippen LogP contribution in [0.4, 0.5) is 0 Å². The molecule has 0 spiro atoms. The summed E-state index contributed by atoms with van der Waals surface area (Å²) in [4.78, 5) is 26.7. The lowest BCUT2D eigenvalue weighted by molar-refractivity contribution is -0.149. The average molecular weight is 299 g/mol. The Hall–Kier alpha value is -1.84. The summed E-state index contributed by atoms with van der Waals surface area (Å²) in [5.41, 5.74) is 0.0311. The van der Waals surface area contributed by atoms with Gasteiger partial charge in [-0.1, -0.05) is 36.8 Å². The van der Waals surface area contributed by atoms with Gasteiger partial charge in [0.1, 0.15) is 0 Å². The van der Waals surface area contributed by atoms with Crippen LogP contribution in [0.3, 0.4) is 0 Å². The first kappa shape index (κ1) is 13.8. The lowest BCUT2D eigenvalue weighted by Gasteiger charge is -2.26. The van der Waals surface area contributed by atoms with Gasteiger partial charge in [-0.3, -0.25) is 9.59 Å². The standard InChI is InChI=1S/C18H21NO3/c20-15(17(9-10-17)13-5-2-1-3-6-13)19-11-14-7-4-8-18(14,12-19)16(21)22/h1-3,5-6,14H,4,7-12H2,(H,21,22)/t14-,18+/m0/s1. The minimum atomic E-state index is -0.713. The quantitative estimate of drug-likeness (QED) is 0.932. The summed E-state index contributed by atoms with van der Waals surface area (Å²) in [6, 6.07) is 9.95. The highest BCUT2D eigenvalue weighted by Crippen LogP contribution is 2.54. The molecule has 1 heterocycles. The molecule has 4 rings (SSSR count). The van der Waals surface area contributed by atoms with Gasteiger partial charge in [0.05, 0.1) is 10.8 Å². The molecule has 0 unspecified atom stereocenters. The van der Waals surface area contributed by atoms with E-state index in [1.807, 2.05) is 35.2 Å². The van der Waals surface area contributed by atoms with Crippen LogP contribution in [0, 0.1) is 11.3 Å². The summed E-state index contributed by atoms with van der Waals surface area (Å²) in [6.45, 7) is 1.03. The summed E-state index contributed by atoms with van der Waals surface area (Å²) in [5, 5.41) is 9.67. The van der Waals surface area contributed by atoms with Crippen molar-refractivity contribution in [1.29, 1.82) is 0 Å². The van der Waals surface area contributed by atoms with E-state index in [1.165, 1.54) is 0 Å². The second-order valence-corrected chi connectivity index (χ2v) is 7.18. The molecule has 1 aliphatic heterocycles. The molecule has 2 aliphatic carbocycles. The molecule has 4 heteroatoms. The fourth-order valence-electron chi connectivity index (χ4n) is 4.60. The monoisotopic (exact) mass is 299 g/mol. The molecule has 2 atom stereocenters. The predicted octanol–water partition coefficient (Wildman–Crippen LogP) is 2.43. The zero-order valence-electron chi connectivity index (χ0n) is 12.6. The van der Waals surface area contributed by atoms with Gasteiger partial charge in [-0.15, -0.1) is 0 Å². The van der Waals surface area contributed by atoms with E-state index in [2.05, 4.69) is 0 Å². The Morgan fingerprint density at radius 2 is 1.86 bits per heavy atom. The Balaban J connectivity index is 1.59. The second-order valence-electron chi connectivity index (χ2n) is 7.18. The number of likely N-dealkylation sites (tertiary alicyclic amines) is 1. The van der Waals surface area contributed by atoms with Gasteiger partial charge in [-0.05, 0) is 37.2 Å². The van der Waals surface area contributed by atoms with Gasteiger partial charge in [0.15, 0.2) is 0 Å². The molecule has 2 saturated carbocycles. The van der Waals surface area contributed by atoms with Crippen molar-refractivity contribution in [2.75, 3.05) is 13.1 Å². The third-order valence-electron chi connectivity index (χ3n) is 6.07. The van der Waals surface area contributed by atoms with E-state index in [0.717, 1.165) is 37.7 Å². The topological polar surface area (TPSA) is 57.6 Å². The van der Waals surface area contributed by atoms with Crippen molar-refractivity contribution in [1.82, 2.24) is 4.90 Å². The number of rotatable bonds is 3. The van der Waals surface area contributed by atoms with Crippen LogP contribution in [-0.2, 0) is 15.0 Å². The molecule has 1 aromatic rings. The van der Waals surface area contributed by atoms with E-state index in [9.17, 15) is 14.7 Å². The molecule has 1 aromatic carbocycles. The molecule has 22 heavy (non-hydrogen) atoms. The number of carbonyl (C=O) groups excluding carboxylic acids is 1. The maximum atomic E-state index is 13.1. The van der Waals surface area contributed by atoms with E-state index < -0.39 is 11.4 Å². The number of fused-ring (bicyclic) bond motifs is 1. The Kier molecular flexibility index (Phi) is 2.87. The maximum Gasteiger partial charge on any atom is 0.311 e. The molecule has 1 N–H and O–H groups in total. The number of carboxylic acid groups (broad SMARTS) is 1. The molecular formula is C18H21NO3. The minimum absolute atomic E-state index is 0.139. The van der Waals surface area contributed by atoms with Crippen molar-refractivity contribution in [2.24, 2.45) is 11.3 Å². The van der Waals surface area contributed by atoms with Crippen molar-refractivity contribution in [3.8, 4) is 0 Å². The molecule has 0 bridgehead atoms. The highest BCUT2D eigenvalue weighted by atomic mass is 16.4. The van der Waals surface area contributed by atoms with Gasteiger partial charge in [0.25, 0.3) is 0 Å². The largest absolute Gasteiger partial charge is 0.481 e. The van der Waals surface area contributed by atoms with Crippen molar-refractivity contribution in [3.63, 3.8) is 0 Å². The van der Waals surface area contributed by atoms with Gasteiger partial charge in [-0.25, -0.2) is 0 Å². The molecular weight excluding hydrogens is 278 g/mol. The van der Waals surface area contributed by atoms with Crippen molar-refractivity contribution < 1.29 is 14.7 Å². The van der Waals surface area contributed by atoms with E-state index in [1.54, 1.807) is 0 Å². The number of aliphatic carboxylic acids is 1. The fraction of sp³-hybridized carbons (Fsp3) is 0.556. The van der Waals surface area contributed by atoms with E-state index >= 15 is 0 Å². The number of carboxylic acids is 1. The highest BCUT2D eigenvalue weighted by Gasteiger charge is 2.60. The summed E-state index contributed by atoms with van der Waals surface area (Å²) < 4.78 is 0. The number of carbonyl (C=O) groups is 2. The maximum absolute atomic E-state index is 13.1. The molecule has 0 radical (unpaired) electrons. The first-order chi connectivity index (χ1) is 10.6. The Bertz CT molecular complexity index is 622.